The molecule has 1 amide bonds. The Kier molecular flexibility index (Phi) is 5.86. The van der Waals surface area contributed by atoms with Crippen molar-refractivity contribution in [2.45, 2.75) is 44.8 Å². The Balaban J connectivity index is 1.66. The molecule has 2 aromatic carbocycles. The largest absolute Gasteiger partial charge is 0.416 e. The van der Waals surface area contributed by atoms with Gasteiger partial charge < -0.3 is 5.32 Å². The van der Waals surface area contributed by atoms with Crippen LogP contribution < -0.4 is 10.0 Å². The van der Waals surface area contributed by atoms with Crippen LogP contribution in [0.1, 0.15) is 48.6 Å². The molecule has 2 N–H and O–H groups in total. The number of aryl methyl sites for hydroxylation is 1. The molecule has 168 valence electrons. The zero-order chi connectivity index (χ0) is 23.2. The zero-order valence-corrected chi connectivity index (χ0v) is 18.5. The minimum Gasteiger partial charge on any atom is -0.349 e. The zero-order valence-electron chi connectivity index (χ0n) is 17.7. The summed E-state index contributed by atoms with van der Waals surface area (Å²) in [6.45, 7) is 5.47. The topological polar surface area (TPSA) is 75.3 Å². The number of rotatable bonds is 6. The summed E-state index contributed by atoms with van der Waals surface area (Å²) in [5, 5.41) is 2.96. The molecule has 0 heterocycles. The summed E-state index contributed by atoms with van der Waals surface area (Å²) < 4.78 is 63.6. The Morgan fingerprint density at radius 3 is 2.29 bits per heavy atom. The SMILES string of the molecule is Cc1cc(C(C)NC(=O)[C@H]2C[C@]2(C)c2ccc(C(F)(F)F)cc2)ccc1NS(C)(=O)=O. The van der Waals surface area contributed by atoms with Crippen molar-refractivity contribution in [1.82, 2.24) is 5.32 Å². The van der Waals surface area contributed by atoms with E-state index in [0.29, 0.717) is 17.7 Å². The summed E-state index contributed by atoms with van der Waals surface area (Å²) in [4.78, 5) is 12.8. The van der Waals surface area contributed by atoms with E-state index in [4.69, 9.17) is 0 Å². The van der Waals surface area contributed by atoms with Gasteiger partial charge in [-0.1, -0.05) is 31.2 Å². The van der Waals surface area contributed by atoms with Gasteiger partial charge in [0.1, 0.15) is 0 Å². The van der Waals surface area contributed by atoms with Crippen LogP contribution in [0.2, 0.25) is 0 Å². The molecule has 0 spiro atoms. The maximum Gasteiger partial charge on any atom is 0.416 e. The van der Waals surface area contributed by atoms with Gasteiger partial charge in [-0.05, 0) is 55.2 Å². The van der Waals surface area contributed by atoms with E-state index in [9.17, 15) is 26.4 Å². The number of benzene rings is 2. The molecule has 0 aliphatic heterocycles. The Labute approximate surface area is 180 Å². The van der Waals surface area contributed by atoms with E-state index in [2.05, 4.69) is 10.0 Å². The molecule has 3 rings (SSSR count). The maximum atomic E-state index is 12.8. The van der Waals surface area contributed by atoms with Gasteiger partial charge in [0.2, 0.25) is 15.9 Å². The van der Waals surface area contributed by atoms with Crippen LogP contribution in [0.15, 0.2) is 42.5 Å². The summed E-state index contributed by atoms with van der Waals surface area (Å²) in [7, 11) is -3.39. The van der Waals surface area contributed by atoms with E-state index in [1.165, 1.54) is 12.1 Å². The first-order valence-electron chi connectivity index (χ1n) is 9.77. The molecule has 0 bridgehead atoms. The number of nitrogens with one attached hydrogen (secondary N) is 2. The molecule has 5 nitrogen and oxygen atoms in total. The molecule has 31 heavy (non-hydrogen) atoms. The third-order valence-corrected chi connectivity index (χ3v) is 6.42. The van der Waals surface area contributed by atoms with Gasteiger partial charge in [-0.2, -0.15) is 13.2 Å². The lowest BCUT2D eigenvalue weighted by atomic mass is 9.94. The van der Waals surface area contributed by atoms with E-state index in [1.807, 2.05) is 13.8 Å². The highest BCUT2D eigenvalue weighted by atomic mass is 32.2. The molecular formula is C22H25F3N2O3S. The standard InChI is InChI=1S/C22H25F3N2O3S/c1-13-11-15(5-10-19(13)27-31(4,29)30)14(2)26-20(28)18-12-21(18,3)16-6-8-17(9-7-16)22(23,24)25/h5-11,14,18,27H,12H2,1-4H3,(H,26,28)/t14?,18-,21-/m1/s1. The van der Waals surface area contributed by atoms with Crippen LogP contribution >= 0.6 is 0 Å². The number of alkyl halides is 3. The lowest BCUT2D eigenvalue weighted by Crippen LogP contribution is -2.30. The summed E-state index contributed by atoms with van der Waals surface area (Å²) in [6.07, 6.45) is -2.75. The van der Waals surface area contributed by atoms with Crippen LogP contribution in [-0.2, 0) is 26.4 Å². The summed E-state index contributed by atoms with van der Waals surface area (Å²) in [6, 6.07) is 9.87. The average Bonchev–Trinajstić information content (AvgIpc) is 3.35. The molecule has 1 unspecified atom stereocenters. The van der Waals surface area contributed by atoms with Gasteiger partial charge in [0.15, 0.2) is 0 Å². The highest BCUT2D eigenvalue weighted by Gasteiger charge is 2.55. The first-order chi connectivity index (χ1) is 14.2. The Morgan fingerprint density at radius 1 is 1.16 bits per heavy atom. The number of amides is 1. The van der Waals surface area contributed by atoms with E-state index in [1.54, 1.807) is 25.1 Å². The van der Waals surface area contributed by atoms with Crippen molar-refractivity contribution >= 4 is 21.6 Å². The Morgan fingerprint density at radius 2 is 1.77 bits per heavy atom. The fourth-order valence-electron chi connectivity index (χ4n) is 3.77. The molecule has 3 atom stereocenters. The van der Waals surface area contributed by atoms with Crippen LogP contribution in [0.25, 0.3) is 0 Å². The van der Waals surface area contributed by atoms with Gasteiger partial charge in [-0.3, -0.25) is 9.52 Å². The number of carbonyl (C=O) groups excluding carboxylic acids is 1. The molecule has 1 aliphatic rings. The smallest absolute Gasteiger partial charge is 0.349 e. The molecule has 2 aromatic rings. The lowest BCUT2D eigenvalue weighted by molar-refractivity contribution is -0.137. The van der Waals surface area contributed by atoms with Crippen LogP contribution in [0.3, 0.4) is 0 Å². The second kappa shape index (κ2) is 7.85. The first kappa shape index (κ1) is 23.1. The van der Waals surface area contributed by atoms with Crippen molar-refractivity contribution in [2.75, 3.05) is 11.0 Å². The van der Waals surface area contributed by atoms with Crippen molar-refractivity contribution < 1.29 is 26.4 Å². The Bertz CT molecular complexity index is 1100. The summed E-state index contributed by atoms with van der Waals surface area (Å²) in [5.41, 5.74) is 1.53. The second-order valence-corrected chi connectivity index (χ2v) is 10.2. The van der Waals surface area contributed by atoms with Crippen molar-refractivity contribution in [2.24, 2.45) is 5.92 Å². The second-order valence-electron chi connectivity index (χ2n) is 8.43. The normalized spacial score (nSPS) is 22.0. The van der Waals surface area contributed by atoms with Crippen LogP contribution in [0, 0.1) is 12.8 Å². The van der Waals surface area contributed by atoms with Crippen molar-refractivity contribution in [1.29, 1.82) is 0 Å². The molecule has 0 radical (unpaired) electrons. The van der Waals surface area contributed by atoms with Crippen molar-refractivity contribution in [3.8, 4) is 0 Å². The third kappa shape index (κ3) is 5.20. The number of sulfonamides is 1. The van der Waals surface area contributed by atoms with Gasteiger partial charge in [0, 0.05) is 11.3 Å². The summed E-state index contributed by atoms with van der Waals surface area (Å²) in [5.74, 6) is -0.482. The Hall–Kier alpha value is -2.55. The fourth-order valence-corrected chi connectivity index (χ4v) is 4.40. The average molecular weight is 455 g/mol. The highest BCUT2D eigenvalue weighted by molar-refractivity contribution is 7.92. The first-order valence-corrected chi connectivity index (χ1v) is 11.7. The maximum absolute atomic E-state index is 12.8. The molecule has 1 saturated carbocycles. The van der Waals surface area contributed by atoms with Crippen molar-refractivity contribution in [3.63, 3.8) is 0 Å². The van der Waals surface area contributed by atoms with Gasteiger partial charge in [0.25, 0.3) is 0 Å². The number of carbonyl (C=O) groups is 1. The molecule has 0 aromatic heterocycles. The van der Waals surface area contributed by atoms with Crippen LogP contribution in [0.5, 0.6) is 0 Å². The van der Waals surface area contributed by atoms with Gasteiger partial charge in [0.05, 0.1) is 23.5 Å². The molecule has 9 heteroatoms. The number of anilines is 1. The number of hydrogen-bond donors (Lipinski definition) is 2. The predicted molar refractivity (Wildman–Crippen MR) is 113 cm³/mol. The van der Waals surface area contributed by atoms with Crippen molar-refractivity contribution in [3.05, 3.63) is 64.7 Å². The van der Waals surface area contributed by atoms with Gasteiger partial charge in [-0.25, -0.2) is 8.42 Å². The van der Waals surface area contributed by atoms with E-state index in [-0.39, 0.29) is 17.9 Å². The highest BCUT2D eigenvalue weighted by Crippen LogP contribution is 2.54. The number of halogens is 3. The lowest BCUT2D eigenvalue weighted by Gasteiger charge is -2.18. The third-order valence-electron chi connectivity index (χ3n) is 5.83. The number of hydrogen-bond acceptors (Lipinski definition) is 3. The minimum absolute atomic E-state index is 0.161. The van der Waals surface area contributed by atoms with Gasteiger partial charge in [-0.15, -0.1) is 0 Å². The molecular weight excluding hydrogens is 429 g/mol. The van der Waals surface area contributed by atoms with E-state index in [0.717, 1.165) is 29.5 Å². The molecule has 1 fully saturated rings. The monoisotopic (exact) mass is 454 g/mol. The van der Waals surface area contributed by atoms with Crippen LogP contribution in [-0.4, -0.2) is 20.6 Å². The predicted octanol–water partition coefficient (Wildman–Crippen LogP) is 4.54. The van der Waals surface area contributed by atoms with Crippen LogP contribution in [0.4, 0.5) is 18.9 Å². The fraction of sp³-hybridized carbons (Fsp3) is 0.409. The van der Waals surface area contributed by atoms with E-state index >= 15 is 0 Å². The van der Waals surface area contributed by atoms with Gasteiger partial charge >= 0.3 is 6.18 Å². The minimum atomic E-state index is -4.39. The summed E-state index contributed by atoms with van der Waals surface area (Å²) >= 11 is 0. The molecule has 1 aliphatic carbocycles. The quantitative estimate of drug-likeness (QED) is 0.673. The van der Waals surface area contributed by atoms with E-state index < -0.39 is 27.2 Å². The molecule has 0 saturated heterocycles.